The zero-order chi connectivity index (χ0) is 22.1. The molecular weight excluding hydrogens is 400 g/mol. The SMILES string of the molecule is COc1ccc(C2CC(c3ccccc3)=NN2C(=O)CN2CCn3cccc3C2C)cc1. The predicted octanol–water partition coefficient (Wildman–Crippen LogP) is 4.25. The number of rotatable bonds is 5. The van der Waals surface area contributed by atoms with Crippen LogP contribution < -0.4 is 4.74 Å². The molecule has 5 rings (SSSR count). The van der Waals surface area contributed by atoms with Crippen molar-refractivity contribution in [2.24, 2.45) is 5.10 Å². The molecule has 0 spiro atoms. The summed E-state index contributed by atoms with van der Waals surface area (Å²) in [5.74, 6) is 0.836. The number of carbonyl (C=O) groups excluding carboxylic acids is 1. The Hall–Kier alpha value is -3.38. The molecule has 1 amide bonds. The lowest BCUT2D eigenvalue weighted by molar-refractivity contribution is -0.135. The lowest BCUT2D eigenvalue weighted by Crippen LogP contribution is -2.43. The van der Waals surface area contributed by atoms with Gasteiger partial charge in [0.25, 0.3) is 5.91 Å². The van der Waals surface area contributed by atoms with Crippen LogP contribution >= 0.6 is 0 Å². The minimum absolute atomic E-state index is 0.0311. The molecule has 164 valence electrons. The van der Waals surface area contributed by atoms with Crippen LogP contribution in [-0.4, -0.2) is 46.3 Å². The molecule has 0 saturated carbocycles. The third-order valence-corrected chi connectivity index (χ3v) is 6.58. The molecule has 3 heterocycles. The fraction of sp³-hybridized carbons (Fsp3) is 0.308. The fourth-order valence-electron chi connectivity index (χ4n) is 4.72. The van der Waals surface area contributed by atoms with Crippen LogP contribution in [0.3, 0.4) is 0 Å². The summed E-state index contributed by atoms with van der Waals surface area (Å²) in [6.07, 6.45) is 2.81. The molecule has 0 bridgehead atoms. The lowest BCUT2D eigenvalue weighted by atomic mass is 9.98. The van der Waals surface area contributed by atoms with Gasteiger partial charge in [-0.05, 0) is 42.3 Å². The first kappa shape index (κ1) is 20.5. The molecule has 2 aliphatic rings. The van der Waals surface area contributed by atoms with E-state index in [-0.39, 0.29) is 18.0 Å². The number of amides is 1. The summed E-state index contributed by atoms with van der Waals surface area (Å²) in [4.78, 5) is 15.8. The summed E-state index contributed by atoms with van der Waals surface area (Å²) in [7, 11) is 1.66. The van der Waals surface area contributed by atoms with Gasteiger partial charge in [0.1, 0.15) is 5.75 Å². The van der Waals surface area contributed by atoms with E-state index in [9.17, 15) is 4.79 Å². The van der Waals surface area contributed by atoms with Gasteiger partial charge in [-0.3, -0.25) is 9.69 Å². The van der Waals surface area contributed by atoms with E-state index in [0.29, 0.717) is 13.0 Å². The van der Waals surface area contributed by atoms with Crippen LogP contribution in [0.4, 0.5) is 0 Å². The Balaban J connectivity index is 1.41. The van der Waals surface area contributed by atoms with E-state index in [1.165, 1.54) is 5.69 Å². The van der Waals surface area contributed by atoms with Gasteiger partial charge in [0.2, 0.25) is 0 Å². The van der Waals surface area contributed by atoms with Crippen molar-refractivity contribution in [2.45, 2.75) is 32.0 Å². The first-order chi connectivity index (χ1) is 15.6. The molecule has 2 aliphatic heterocycles. The van der Waals surface area contributed by atoms with Gasteiger partial charge in [0.05, 0.1) is 25.4 Å². The molecule has 2 unspecified atom stereocenters. The lowest BCUT2D eigenvalue weighted by Gasteiger charge is -2.35. The third kappa shape index (κ3) is 3.82. The molecule has 0 fully saturated rings. The van der Waals surface area contributed by atoms with E-state index in [0.717, 1.165) is 35.7 Å². The molecule has 6 heteroatoms. The Kier molecular flexibility index (Phi) is 5.53. The maximum atomic E-state index is 13.5. The molecule has 2 aromatic carbocycles. The van der Waals surface area contributed by atoms with Crippen molar-refractivity contribution in [3.05, 3.63) is 89.7 Å². The van der Waals surface area contributed by atoms with Crippen LogP contribution in [-0.2, 0) is 11.3 Å². The first-order valence-electron chi connectivity index (χ1n) is 11.1. The maximum absolute atomic E-state index is 13.5. The zero-order valence-electron chi connectivity index (χ0n) is 18.5. The molecule has 0 radical (unpaired) electrons. The van der Waals surface area contributed by atoms with E-state index < -0.39 is 0 Å². The molecule has 0 N–H and O–H groups in total. The van der Waals surface area contributed by atoms with Gasteiger partial charge in [-0.1, -0.05) is 42.5 Å². The molecule has 2 atom stereocenters. The second-order valence-corrected chi connectivity index (χ2v) is 8.42. The van der Waals surface area contributed by atoms with Gasteiger partial charge < -0.3 is 9.30 Å². The first-order valence-corrected chi connectivity index (χ1v) is 11.1. The van der Waals surface area contributed by atoms with Crippen molar-refractivity contribution < 1.29 is 9.53 Å². The Morgan fingerprint density at radius 1 is 1.03 bits per heavy atom. The molecule has 0 saturated heterocycles. The van der Waals surface area contributed by atoms with E-state index in [4.69, 9.17) is 9.84 Å². The highest BCUT2D eigenvalue weighted by Crippen LogP contribution is 2.34. The average molecular weight is 429 g/mol. The van der Waals surface area contributed by atoms with Crippen LogP contribution in [0.15, 0.2) is 78.0 Å². The molecule has 0 aliphatic carbocycles. The van der Waals surface area contributed by atoms with Crippen molar-refractivity contribution in [3.63, 3.8) is 0 Å². The van der Waals surface area contributed by atoms with Crippen LogP contribution in [0.5, 0.6) is 5.75 Å². The summed E-state index contributed by atoms with van der Waals surface area (Å²) < 4.78 is 7.58. The Bertz CT molecular complexity index is 1120. The number of fused-ring (bicyclic) bond motifs is 1. The molecule has 6 nitrogen and oxygen atoms in total. The van der Waals surface area contributed by atoms with Crippen molar-refractivity contribution in [2.75, 3.05) is 20.2 Å². The highest BCUT2D eigenvalue weighted by Gasteiger charge is 2.35. The van der Waals surface area contributed by atoms with Crippen LogP contribution in [0, 0.1) is 0 Å². The number of ether oxygens (including phenoxy) is 1. The normalized spacial score (nSPS) is 20.7. The van der Waals surface area contributed by atoms with Gasteiger partial charge in [0, 0.05) is 37.4 Å². The van der Waals surface area contributed by atoms with Gasteiger partial charge in [-0.25, -0.2) is 5.01 Å². The predicted molar refractivity (Wildman–Crippen MR) is 125 cm³/mol. The Labute approximate surface area is 188 Å². The summed E-state index contributed by atoms with van der Waals surface area (Å²) in [5.41, 5.74) is 4.32. The molecular formula is C26H28N4O2. The van der Waals surface area contributed by atoms with Gasteiger partial charge in [0.15, 0.2) is 0 Å². The monoisotopic (exact) mass is 428 g/mol. The van der Waals surface area contributed by atoms with Crippen molar-refractivity contribution in [1.82, 2.24) is 14.5 Å². The number of methoxy groups -OCH3 is 1. The fourth-order valence-corrected chi connectivity index (χ4v) is 4.72. The maximum Gasteiger partial charge on any atom is 0.257 e. The Morgan fingerprint density at radius 2 is 1.81 bits per heavy atom. The minimum atomic E-state index is -0.118. The van der Waals surface area contributed by atoms with Crippen LogP contribution in [0.1, 0.15) is 42.2 Å². The second-order valence-electron chi connectivity index (χ2n) is 8.42. The summed E-state index contributed by atoms with van der Waals surface area (Å²) >= 11 is 0. The highest BCUT2D eigenvalue weighted by molar-refractivity contribution is 6.03. The van der Waals surface area contributed by atoms with Crippen molar-refractivity contribution in [3.8, 4) is 5.75 Å². The largest absolute Gasteiger partial charge is 0.497 e. The van der Waals surface area contributed by atoms with Crippen molar-refractivity contribution >= 4 is 11.6 Å². The number of hydrazone groups is 1. The average Bonchev–Trinajstić information content (AvgIpc) is 3.50. The number of aromatic nitrogens is 1. The van der Waals surface area contributed by atoms with E-state index in [1.807, 2.05) is 42.5 Å². The zero-order valence-corrected chi connectivity index (χ0v) is 18.5. The summed E-state index contributed by atoms with van der Waals surface area (Å²) in [6.45, 7) is 4.28. The number of carbonyl (C=O) groups is 1. The van der Waals surface area contributed by atoms with E-state index in [2.05, 4.69) is 46.9 Å². The number of hydrogen-bond donors (Lipinski definition) is 0. The standard InChI is InChI=1S/C26H28N4O2/c1-19-24-9-6-14-28(24)15-16-29(19)18-26(31)30-25(21-10-12-22(32-2)13-11-21)17-23(27-30)20-7-4-3-5-8-20/h3-14,19,25H,15-18H2,1-2H3. The minimum Gasteiger partial charge on any atom is -0.497 e. The van der Waals surface area contributed by atoms with E-state index >= 15 is 0 Å². The molecule has 32 heavy (non-hydrogen) atoms. The number of hydrogen-bond acceptors (Lipinski definition) is 4. The van der Waals surface area contributed by atoms with Crippen LogP contribution in [0.25, 0.3) is 0 Å². The quantitative estimate of drug-likeness (QED) is 0.610. The number of nitrogens with zero attached hydrogens (tertiary/aromatic N) is 4. The van der Waals surface area contributed by atoms with Gasteiger partial charge in [-0.2, -0.15) is 5.10 Å². The third-order valence-electron chi connectivity index (χ3n) is 6.58. The second kappa shape index (κ2) is 8.63. The summed E-state index contributed by atoms with van der Waals surface area (Å²) in [6, 6.07) is 22.4. The smallest absolute Gasteiger partial charge is 0.257 e. The Morgan fingerprint density at radius 3 is 2.56 bits per heavy atom. The molecule has 1 aromatic heterocycles. The van der Waals surface area contributed by atoms with Gasteiger partial charge in [-0.15, -0.1) is 0 Å². The highest BCUT2D eigenvalue weighted by atomic mass is 16.5. The van der Waals surface area contributed by atoms with Crippen molar-refractivity contribution in [1.29, 1.82) is 0 Å². The van der Waals surface area contributed by atoms with Crippen LogP contribution in [0.2, 0.25) is 0 Å². The topological polar surface area (TPSA) is 50.1 Å². The van der Waals surface area contributed by atoms with Gasteiger partial charge >= 0.3 is 0 Å². The van der Waals surface area contributed by atoms with E-state index in [1.54, 1.807) is 12.1 Å². The number of benzene rings is 2. The molecule has 3 aromatic rings. The summed E-state index contributed by atoms with van der Waals surface area (Å²) in [5, 5.41) is 6.52.